The summed E-state index contributed by atoms with van der Waals surface area (Å²) in [5.74, 6) is 1.55. The molecule has 154 valence electrons. The molecule has 0 bridgehead atoms. The SMILES string of the molecule is CC(C)C[NH3+].CC(C)C[NH3+].Nc1cc(N)c(S(=O)(=O)[O-])cc1S(=O)(=O)[O-]. The third-order valence-corrected chi connectivity index (χ3v) is 4.62. The van der Waals surface area contributed by atoms with Crippen LogP contribution < -0.4 is 22.9 Å². The topological polar surface area (TPSA) is 222 Å². The van der Waals surface area contributed by atoms with Crippen molar-refractivity contribution in [2.75, 3.05) is 24.6 Å². The van der Waals surface area contributed by atoms with E-state index in [9.17, 15) is 25.9 Å². The van der Waals surface area contributed by atoms with Gasteiger partial charge in [0, 0.05) is 11.8 Å². The third kappa shape index (κ3) is 11.2. The Kier molecular flexibility index (Phi) is 11.7. The summed E-state index contributed by atoms with van der Waals surface area (Å²) < 4.78 is 64.0. The van der Waals surface area contributed by atoms with Gasteiger partial charge < -0.3 is 32.0 Å². The lowest BCUT2D eigenvalue weighted by atomic mass is 10.2. The second-order valence-electron chi connectivity index (χ2n) is 6.20. The maximum atomic E-state index is 10.7. The molecule has 0 radical (unpaired) electrons. The van der Waals surface area contributed by atoms with E-state index >= 15 is 0 Å². The zero-order valence-electron chi connectivity index (χ0n) is 15.6. The van der Waals surface area contributed by atoms with Crippen molar-refractivity contribution >= 4 is 31.6 Å². The predicted molar refractivity (Wildman–Crippen MR) is 96.4 cm³/mol. The highest BCUT2D eigenvalue weighted by atomic mass is 32.2. The number of benzene rings is 1. The summed E-state index contributed by atoms with van der Waals surface area (Å²) >= 11 is 0. The Labute approximate surface area is 155 Å². The summed E-state index contributed by atoms with van der Waals surface area (Å²) in [5, 5.41) is 0. The van der Waals surface area contributed by atoms with Gasteiger partial charge >= 0.3 is 0 Å². The van der Waals surface area contributed by atoms with Crippen molar-refractivity contribution in [1.29, 1.82) is 0 Å². The van der Waals surface area contributed by atoms with E-state index in [1.807, 2.05) is 0 Å². The Hall–Kier alpha value is -1.44. The second-order valence-corrected chi connectivity index (χ2v) is 8.90. The minimum atomic E-state index is -4.97. The van der Waals surface area contributed by atoms with Crippen molar-refractivity contribution in [3.8, 4) is 0 Å². The fraction of sp³-hybridized carbons (Fsp3) is 0.571. The monoisotopic (exact) mass is 414 g/mol. The van der Waals surface area contributed by atoms with Crippen molar-refractivity contribution in [3.63, 3.8) is 0 Å². The van der Waals surface area contributed by atoms with Crippen LogP contribution in [0, 0.1) is 11.8 Å². The summed E-state index contributed by atoms with van der Waals surface area (Å²) in [6.45, 7) is 10.8. The molecule has 10 nitrogen and oxygen atoms in total. The molecule has 10 N–H and O–H groups in total. The highest BCUT2D eigenvalue weighted by Gasteiger charge is 2.14. The number of anilines is 2. The van der Waals surface area contributed by atoms with Crippen molar-refractivity contribution in [2.45, 2.75) is 37.5 Å². The van der Waals surface area contributed by atoms with Crippen molar-refractivity contribution < 1.29 is 37.4 Å². The van der Waals surface area contributed by atoms with Crippen LogP contribution in [0.15, 0.2) is 21.9 Å². The van der Waals surface area contributed by atoms with Gasteiger partial charge in [-0.2, -0.15) is 0 Å². The lowest BCUT2D eigenvalue weighted by molar-refractivity contribution is -0.377. The van der Waals surface area contributed by atoms with Gasteiger partial charge in [-0.05, 0) is 12.1 Å². The standard InChI is InChI=1S/C6H8N2O6S2.2C4H11N/c7-3-1-4(8)6(16(12,13)14)2-5(3)15(9,10)11;2*1-4(2)3-5/h1-2H,7-8H2,(H,9,10,11)(H,12,13,14);2*4H,3,5H2,1-2H3. The summed E-state index contributed by atoms with van der Waals surface area (Å²) in [6, 6.07) is 1.09. The lowest BCUT2D eigenvalue weighted by Gasteiger charge is -2.15. The minimum absolute atomic E-state index is 0.356. The van der Waals surface area contributed by atoms with E-state index in [-0.39, 0.29) is 0 Å². The van der Waals surface area contributed by atoms with Crippen LogP contribution in [0.5, 0.6) is 0 Å². The Morgan fingerprint density at radius 3 is 1.19 bits per heavy atom. The molecule has 1 rings (SSSR count). The van der Waals surface area contributed by atoms with E-state index in [1.54, 1.807) is 0 Å². The molecule has 12 heteroatoms. The van der Waals surface area contributed by atoms with Crippen LogP contribution in [0.2, 0.25) is 0 Å². The first kappa shape index (κ1) is 26.8. The van der Waals surface area contributed by atoms with Crippen LogP contribution in [0.3, 0.4) is 0 Å². The van der Waals surface area contributed by atoms with Crippen LogP contribution in [-0.4, -0.2) is 39.0 Å². The van der Waals surface area contributed by atoms with Crippen molar-refractivity contribution in [1.82, 2.24) is 0 Å². The number of hydrogen-bond acceptors (Lipinski definition) is 8. The van der Waals surface area contributed by atoms with Crippen LogP contribution in [-0.2, 0) is 20.2 Å². The van der Waals surface area contributed by atoms with Crippen LogP contribution in [0.4, 0.5) is 11.4 Å². The van der Waals surface area contributed by atoms with Gasteiger partial charge in [-0.15, -0.1) is 0 Å². The van der Waals surface area contributed by atoms with Gasteiger partial charge in [0.05, 0.1) is 34.3 Å². The Bertz CT molecular complexity index is 701. The Morgan fingerprint density at radius 2 is 1.04 bits per heavy atom. The smallest absolute Gasteiger partial charge is 0.126 e. The van der Waals surface area contributed by atoms with Gasteiger partial charge in [0.15, 0.2) is 0 Å². The predicted octanol–water partition coefficient (Wildman–Crippen LogP) is -1.57. The van der Waals surface area contributed by atoms with E-state index in [4.69, 9.17) is 11.5 Å². The van der Waals surface area contributed by atoms with Gasteiger partial charge in [0.2, 0.25) is 0 Å². The average Bonchev–Trinajstić information content (AvgIpc) is 2.45. The molecule has 0 atom stereocenters. The molecule has 0 saturated heterocycles. The fourth-order valence-electron chi connectivity index (χ4n) is 1.03. The van der Waals surface area contributed by atoms with E-state index in [0.717, 1.165) is 31.0 Å². The second kappa shape index (κ2) is 11.3. The molecule has 0 heterocycles. The third-order valence-electron chi connectivity index (χ3n) is 2.84. The number of rotatable bonds is 4. The molecule has 1 aromatic rings. The molecular formula is C14H30N4O6S2. The van der Waals surface area contributed by atoms with Crippen molar-refractivity contribution in [2.24, 2.45) is 11.8 Å². The fourth-order valence-corrected chi connectivity index (χ4v) is 2.32. The van der Waals surface area contributed by atoms with Gasteiger partial charge in [0.1, 0.15) is 20.2 Å². The first-order valence-electron chi connectivity index (χ1n) is 7.77. The molecule has 0 aromatic heterocycles. The molecule has 0 saturated carbocycles. The molecule has 0 aliphatic carbocycles. The molecule has 0 amide bonds. The number of nitrogens with two attached hydrogens (primary N) is 2. The summed E-state index contributed by atoms with van der Waals surface area (Å²) in [4.78, 5) is -1.98. The van der Waals surface area contributed by atoms with E-state index in [1.165, 1.54) is 0 Å². The lowest BCUT2D eigenvalue weighted by Crippen LogP contribution is -2.52. The molecule has 0 aliphatic rings. The Morgan fingerprint density at radius 1 is 0.808 bits per heavy atom. The zero-order valence-corrected chi connectivity index (χ0v) is 17.2. The average molecular weight is 415 g/mol. The number of hydrogen-bond donors (Lipinski definition) is 4. The highest BCUT2D eigenvalue weighted by molar-refractivity contribution is 7.86. The molecule has 26 heavy (non-hydrogen) atoms. The summed E-state index contributed by atoms with van der Waals surface area (Å²) in [7, 11) is -9.93. The maximum absolute atomic E-state index is 10.7. The molecule has 1 aromatic carbocycles. The van der Waals surface area contributed by atoms with Gasteiger partial charge in [-0.1, -0.05) is 27.7 Å². The first-order valence-corrected chi connectivity index (χ1v) is 10.6. The minimum Gasteiger partial charge on any atom is -0.744 e. The Balaban J connectivity index is 0. The maximum Gasteiger partial charge on any atom is 0.126 e. The van der Waals surface area contributed by atoms with Crippen LogP contribution in [0.25, 0.3) is 0 Å². The largest absolute Gasteiger partial charge is 0.744 e. The summed E-state index contributed by atoms with van der Waals surface area (Å²) in [5.41, 5.74) is 16.7. The quantitative estimate of drug-likeness (QED) is 0.332. The van der Waals surface area contributed by atoms with Crippen LogP contribution >= 0.6 is 0 Å². The normalized spacial score (nSPS) is 11.5. The van der Waals surface area contributed by atoms with E-state index < -0.39 is 41.4 Å². The van der Waals surface area contributed by atoms with Crippen LogP contribution in [0.1, 0.15) is 27.7 Å². The highest BCUT2D eigenvalue weighted by Crippen LogP contribution is 2.27. The molecular weight excluding hydrogens is 384 g/mol. The van der Waals surface area contributed by atoms with E-state index in [2.05, 4.69) is 39.2 Å². The van der Waals surface area contributed by atoms with Gasteiger partial charge in [-0.3, -0.25) is 0 Å². The first-order chi connectivity index (χ1) is 11.6. The number of quaternary nitrogens is 2. The van der Waals surface area contributed by atoms with Crippen molar-refractivity contribution in [3.05, 3.63) is 12.1 Å². The molecule has 0 unspecified atom stereocenters. The molecule has 0 fully saturated rings. The van der Waals surface area contributed by atoms with Gasteiger partial charge in [-0.25, -0.2) is 16.8 Å². The molecule has 0 spiro atoms. The van der Waals surface area contributed by atoms with Gasteiger partial charge in [0.25, 0.3) is 0 Å². The summed E-state index contributed by atoms with van der Waals surface area (Å²) in [6.07, 6.45) is 0. The zero-order chi connectivity index (χ0) is 21.3. The number of nitrogen functional groups attached to an aromatic ring is 2. The van der Waals surface area contributed by atoms with E-state index in [0.29, 0.717) is 6.07 Å². The molecule has 0 aliphatic heterocycles.